The third-order valence-electron chi connectivity index (χ3n) is 11.4. The van der Waals surface area contributed by atoms with Gasteiger partial charge in [0, 0.05) is 61.8 Å². The second kappa shape index (κ2) is 10.5. The highest BCUT2D eigenvalue weighted by atomic mass is 16.3. The normalized spacial score (nSPS) is 31.6. The van der Waals surface area contributed by atoms with Gasteiger partial charge in [-0.1, -0.05) is 36.5 Å². The van der Waals surface area contributed by atoms with Crippen LogP contribution in [-0.2, 0) is 9.59 Å². The number of carbonyl (C=O) groups is 2. The van der Waals surface area contributed by atoms with Crippen molar-refractivity contribution >= 4 is 23.1 Å². The van der Waals surface area contributed by atoms with E-state index in [4.69, 9.17) is 0 Å². The highest BCUT2D eigenvalue weighted by molar-refractivity contribution is 5.95. The number of aliphatic hydroxyl groups is 1. The summed E-state index contributed by atoms with van der Waals surface area (Å²) < 4.78 is 0. The maximum Gasteiger partial charge on any atom is 0.227 e. The fraction of sp³-hybridized carbons (Fsp3) is 0.474. The Kier molecular flexibility index (Phi) is 6.89. The van der Waals surface area contributed by atoms with Crippen molar-refractivity contribution in [2.24, 2.45) is 17.3 Å². The van der Waals surface area contributed by atoms with E-state index in [1.54, 1.807) is 0 Å². The van der Waals surface area contributed by atoms with Gasteiger partial charge in [-0.05, 0) is 116 Å². The molecule has 2 aromatic carbocycles. The first-order valence-electron chi connectivity index (χ1n) is 16.1. The number of amides is 1. The lowest BCUT2D eigenvalue weighted by molar-refractivity contribution is -0.117. The second-order valence-corrected chi connectivity index (χ2v) is 13.8. The number of ketones is 1. The van der Waals surface area contributed by atoms with Crippen LogP contribution in [0.5, 0.6) is 0 Å². The quantitative estimate of drug-likeness (QED) is 0.422. The van der Waals surface area contributed by atoms with Crippen LogP contribution in [-0.4, -0.2) is 43.0 Å². The SMILES string of the molecule is CN(C)c1ccc([C@H]2C[C@@]3(C)C(CC[C@@]3(O)C#Cc3ccc(N4CCCC4=O)cc3)C3CCC4=CC(=O)CCC4=C32)cc1. The van der Waals surface area contributed by atoms with Crippen molar-refractivity contribution in [2.45, 2.75) is 76.2 Å². The molecule has 3 fully saturated rings. The number of hydrogen-bond donors (Lipinski definition) is 1. The number of nitrogens with zero attached hydrogens (tertiary/aromatic N) is 2. The first kappa shape index (κ1) is 28.2. The second-order valence-electron chi connectivity index (χ2n) is 13.8. The molecule has 0 bridgehead atoms. The van der Waals surface area contributed by atoms with Gasteiger partial charge in [0.2, 0.25) is 5.91 Å². The number of allylic oxidation sites excluding steroid dienone is 4. The molecule has 0 spiro atoms. The zero-order chi connectivity index (χ0) is 29.9. The summed E-state index contributed by atoms with van der Waals surface area (Å²) in [6.07, 6.45) is 9.35. The zero-order valence-electron chi connectivity index (χ0n) is 25.7. The Morgan fingerprint density at radius 1 is 0.953 bits per heavy atom. The van der Waals surface area contributed by atoms with E-state index in [1.807, 2.05) is 35.2 Å². The molecule has 5 nitrogen and oxygen atoms in total. The molecule has 5 heteroatoms. The van der Waals surface area contributed by atoms with Crippen molar-refractivity contribution in [3.05, 3.63) is 82.5 Å². The molecule has 1 aliphatic heterocycles. The van der Waals surface area contributed by atoms with Crippen LogP contribution in [0.4, 0.5) is 11.4 Å². The van der Waals surface area contributed by atoms with E-state index >= 15 is 0 Å². The van der Waals surface area contributed by atoms with Gasteiger partial charge in [-0.3, -0.25) is 9.59 Å². The minimum Gasteiger partial charge on any atom is -0.378 e. The van der Waals surface area contributed by atoms with Crippen LogP contribution in [0, 0.1) is 29.1 Å². The van der Waals surface area contributed by atoms with Crippen molar-refractivity contribution in [3.63, 3.8) is 0 Å². The Balaban J connectivity index is 1.25. The van der Waals surface area contributed by atoms with Gasteiger partial charge in [0.15, 0.2) is 5.78 Å². The molecular weight excluding hydrogens is 532 g/mol. The number of carbonyl (C=O) groups excluding carboxylic acids is 2. The number of rotatable bonds is 3. The van der Waals surface area contributed by atoms with Crippen molar-refractivity contribution in [3.8, 4) is 11.8 Å². The molecule has 1 amide bonds. The molecule has 1 saturated heterocycles. The predicted molar refractivity (Wildman–Crippen MR) is 171 cm³/mol. The topological polar surface area (TPSA) is 60.9 Å². The van der Waals surface area contributed by atoms with Crippen LogP contribution in [0.15, 0.2) is 71.3 Å². The van der Waals surface area contributed by atoms with E-state index in [0.29, 0.717) is 31.1 Å². The molecule has 4 aliphatic carbocycles. The smallest absolute Gasteiger partial charge is 0.227 e. The molecule has 5 aliphatic rings. The van der Waals surface area contributed by atoms with Crippen LogP contribution < -0.4 is 9.80 Å². The van der Waals surface area contributed by atoms with Crippen LogP contribution >= 0.6 is 0 Å². The average molecular weight is 575 g/mol. The van der Waals surface area contributed by atoms with Crippen LogP contribution in [0.1, 0.15) is 81.8 Å². The highest BCUT2D eigenvalue weighted by Crippen LogP contribution is 2.66. The zero-order valence-corrected chi connectivity index (χ0v) is 25.7. The van der Waals surface area contributed by atoms with E-state index in [1.165, 1.54) is 28.0 Å². The molecule has 1 N–H and O–H groups in total. The van der Waals surface area contributed by atoms with Gasteiger partial charge in [-0.2, -0.15) is 0 Å². The van der Waals surface area contributed by atoms with E-state index < -0.39 is 5.60 Å². The lowest BCUT2D eigenvalue weighted by Gasteiger charge is -2.53. The molecule has 5 atom stereocenters. The molecule has 43 heavy (non-hydrogen) atoms. The van der Waals surface area contributed by atoms with Crippen LogP contribution in [0.2, 0.25) is 0 Å². The number of anilines is 2. The average Bonchev–Trinajstić information content (AvgIpc) is 3.55. The summed E-state index contributed by atoms with van der Waals surface area (Å²) in [5.41, 5.74) is 7.04. The molecule has 1 heterocycles. The number of hydrogen-bond acceptors (Lipinski definition) is 4. The lowest BCUT2D eigenvalue weighted by atomic mass is 9.51. The van der Waals surface area contributed by atoms with E-state index in [-0.39, 0.29) is 23.0 Å². The Labute approximate surface area is 255 Å². The Morgan fingerprint density at radius 2 is 1.72 bits per heavy atom. The molecule has 2 saturated carbocycles. The van der Waals surface area contributed by atoms with Gasteiger partial charge >= 0.3 is 0 Å². The van der Waals surface area contributed by atoms with Crippen LogP contribution in [0.25, 0.3) is 0 Å². The minimum absolute atomic E-state index is 0.181. The standard InChI is InChI=1S/C38H42N2O3/c1-37-24-33(26-8-13-28(14-9-26)39(2)3)36-31-17-15-30(41)23-27(31)10-16-32(36)34(37)19-21-38(37,43)20-18-25-6-11-29(12-7-25)40-22-4-5-35(40)42/h6-9,11-14,23,32-34,43H,4-5,10,15-17,19,21-22,24H2,1-3H3/t32?,33-,34?,37+,38+/m1/s1. The Bertz CT molecular complexity index is 1590. The van der Waals surface area contributed by atoms with Gasteiger partial charge in [0.25, 0.3) is 0 Å². The molecule has 222 valence electrons. The van der Waals surface area contributed by atoms with E-state index in [9.17, 15) is 14.7 Å². The lowest BCUT2D eigenvalue weighted by Crippen LogP contribution is -2.51. The summed E-state index contributed by atoms with van der Waals surface area (Å²) >= 11 is 0. The summed E-state index contributed by atoms with van der Waals surface area (Å²) in [6, 6.07) is 16.9. The van der Waals surface area contributed by atoms with Crippen molar-refractivity contribution in [2.75, 3.05) is 30.4 Å². The maximum atomic E-state index is 12.4. The Hall–Kier alpha value is -3.62. The highest BCUT2D eigenvalue weighted by Gasteiger charge is 2.62. The molecule has 0 radical (unpaired) electrons. The van der Waals surface area contributed by atoms with E-state index in [0.717, 1.165) is 56.3 Å². The third-order valence-corrected chi connectivity index (χ3v) is 11.4. The predicted octanol–water partition coefficient (Wildman–Crippen LogP) is 6.56. The maximum absolute atomic E-state index is 12.4. The van der Waals surface area contributed by atoms with Crippen molar-refractivity contribution in [1.82, 2.24) is 0 Å². The van der Waals surface area contributed by atoms with Gasteiger partial charge < -0.3 is 14.9 Å². The monoisotopic (exact) mass is 574 g/mol. The largest absolute Gasteiger partial charge is 0.378 e. The summed E-state index contributed by atoms with van der Waals surface area (Å²) in [5, 5.41) is 12.4. The molecule has 7 rings (SSSR count). The number of benzene rings is 2. The first-order valence-corrected chi connectivity index (χ1v) is 16.1. The molecule has 0 aromatic heterocycles. The third kappa shape index (κ3) is 4.66. The number of fused-ring (bicyclic) bond motifs is 4. The van der Waals surface area contributed by atoms with Crippen molar-refractivity contribution in [1.29, 1.82) is 0 Å². The summed E-state index contributed by atoms with van der Waals surface area (Å²) in [5.74, 6) is 8.14. The first-order chi connectivity index (χ1) is 20.7. The van der Waals surface area contributed by atoms with Gasteiger partial charge in [-0.25, -0.2) is 0 Å². The van der Waals surface area contributed by atoms with Gasteiger partial charge in [-0.15, -0.1) is 0 Å². The van der Waals surface area contributed by atoms with Crippen LogP contribution in [0.3, 0.4) is 0 Å². The minimum atomic E-state index is -1.09. The van der Waals surface area contributed by atoms with Gasteiger partial charge in [0.05, 0.1) is 0 Å². The van der Waals surface area contributed by atoms with Gasteiger partial charge in [0.1, 0.15) is 5.60 Å². The van der Waals surface area contributed by atoms with Crippen molar-refractivity contribution < 1.29 is 14.7 Å². The molecule has 2 aromatic rings. The molecular formula is C38H42N2O3. The fourth-order valence-corrected chi connectivity index (χ4v) is 9.00. The Morgan fingerprint density at radius 3 is 2.42 bits per heavy atom. The fourth-order valence-electron chi connectivity index (χ4n) is 9.00. The summed E-state index contributed by atoms with van der Waals surface area (Å²) in [4.78, 5) is 28.5. The van der Waals surface area contributed by atoms with E-state index in [2.05, 4.69) is 62.0 Å². The summed E-state index contributed by atoms with van der Waals surface area (Å²) in [7, 11) is 4.13. The molecule has 2 unspecified atom stereocenters. The summed E-state index contributed by atoms with van der Waals surface area (Å²) in [6.45, 7) is 3.06.